The van der Waals surface area contributed by atoms with Crippen molar-refractivity contribution in [1.82, 2.24) is 0 Å². The number of ether oxygens (including phenoxy) is 1. The zero-order valence-electron chi connectivity index (χ0n) is 15.9. The van der Waals surface area contributed by atoms with Crippen LogP contribution in [0.1, 0.15) is 59.3 Å². The molecule has 0 radical (unpaired) electrons. The Morgan fingerprint density at radius 1 is 1.23 bits per heavy atom. The van der Waals surface area contributed by atoms with Gasteiger partial charge in [-0.3, -0.25) is 4.79 Å². The Morgan fingerprint density at radius 3 is 2.65 bits per heavy atom. The highest BCUT2D eigenvalue weighted by molar-refractivity contribution is 5.67. The molecule has 7 atom stereocenters. The highest BCUT2D eigenvalue weighted by atomic mass is 16.5. The van der Waals surface area contributed by atoms with E-state index in [1.54, 1.807) is 0 Å². The fourth-order valence-electron chi connectivity index (χ4n) is 6.74. The van der Waals surface area contributed by atoms with Crippen LogP contribution in [0.4, 0.5) is 0 Å². The lowest BCUT2D eigenvalue weighted by Crippen LogP contribution is -2.57. The van der Waals surface area contributed by atoms with Crippen molar-refractivity contribution in [3.63, 3.8) is 0 Å². The molecular formula is C21H30O5. The Kier molecular flexibility index (Phi) is 3.96. The molecule has 0 aromatic heterocycles. The first-order valence-electron chi connectivity index (χ1n) is 9.85. The Bertz CT molecular complexity index is 695. The van der Waals surface area contributed by atoms with Crippen molar-refractivity contribution in [2.45, 2.75) is 65.4 Å². The van der Waals surface area contributed by atoms with Crippen molar-refractivity contribution in [3.8, 4) is 0 Å². The highest BCUT2D eigenvalue weighted by Crippen LogP contribution is 2.66. The van der Waals surface area contributed by atoms with Gasteiger partial charge in [0.1, 0.15) is 5.76 Å². The van der Waals surface area contributed by atoms with E-state index in [4.69, 9.17) is 4.74 Å². The topological polar surface area (TPSA) is 87.0 Å². The molecule has 3 unspecified atom stereocenters. The maximum absolute atomic E-state index is 11.5. The fourth-order valence-corrected chi connectivity index (χ4v) is 6.74. The molecule has 5 nitrogen and oxygen atoms in total. The lowest BCUT2D eigenvalue weighted by atomic mass is 9.45. The van der Waals surface area contributed by atoms with E-state index in [2.05, 4.69) is 13.8 Å². The van der Waals surface area contributed by atoms with Crippen molar-refractivity contribution in [2.75, 3.05) is 0 Å². The van der Waals surface area contributed by atoms with Crippen LogP contribution in [0, 0.1) is 34.5 Å². The van der Waals surface area contributed by atoms with E-state index in [-0.39, 0.29) is 28.9 Å². The molecule has 0 bridgehead atoms. The molecule has 2 fully saturated rings. The van der Waals surface area contributed by atoms with Crippen LogP contribution >= 0.6 is 0 Å². The fraction of sp³-hybridized carbons (Fsp3) is 0.762. The predicted molar refractivity (Wildman–Crippen MR) is 96.0 cm³/mol. The van der Waals surface area contributed by atoms with Crippen molar-refractivity contribution in [3.05, 3.63) is 23.4 Å². The zero-order chi connectivity index (χ0) is 18.9. The largest absolute Gasteiger partial charge is 0.513 e. The molecule has 0 amide bonds. The van der Waals surface area contributed by atoms with Crippen LogP contribution in [0.15, 0.2) is 23.4 Å². The minimum atomic E-state index is -0.464. The van der Waals surface area contributed by atoms with Gasteiger partial charge in [-0.25, -0.2) is 0 Å². The number of carbonyl (C=O) groups excluding carboxylic acids is 1. The van der Waals surface area contributed by atoms with Gasteiger partial charge in [0.05, 0.1) is 11.9 Å². The second-order valence-electron chi connectivity index (χ2n) is 9.39. The monoisotopic (exact) mass is 362 g/mol. The molecule has 5 heteroatoms. The summed E-state index contributed by atoms with van der Waals surface area (Å²) in [6.45, 7) is 5.75. The molecule has 0 aliphatic heterocycles. The van der Waals surface area contributed by atoms with Gasteiger partial charge < -0.3 is 20.1 Å². The summed E-state index contributed by atoms with van der Waals surface area (Å²) in [5.41, 5.74) is -0.328. The average molecular weight is 362 g/mol. The molecule has 3 N–H and O–H groups in total. The Morgan fingerprint density at radius 2 is 1.96 bits per heavy atom. The summed E-state index contributed by atoms with van der Waals surface area (Å²) in [7, 11) is 0. The smallest absolute Gasteiger partial charge is 0.307 e. The number of carbonyl (C=O) groups is 1. The van der Waals surface area contributed by atoms with Crippen molar-refractivity contribution in [1.29, 1.82) is 0 Å². The van der Waals surface area contributed by atoms with E-state index in [9.17, 15) is 20.1 Å². The summed E-state index contributed by atoms with van der Waals surface area (Å²) in [5, 5.41) is 31.5. The van der Waals surface area contributed by atoms with Crippen LogP contribution in [-0.2, 0) is 9.53 Å². The Hall–Kier alpha value is -1.49. The molecule has 26 heavy (non-hydrogen) atoms. The van der Waals surface area contributed by atoms with E-state index >= 15 is 0 Å². The van der Waals surface area contributed by atoms with Gasteiger partial charge in [0, 0.05) is 25.2 Å². The van der Waals surface area contributed by atoms with Crippen LogP contribution < -0.4 is 0 Å². The molecular weight excluding hydrogens is 332 g/mol. The SMILES string of the molecule is CC(=O)OC1=C(O)CC2C3C(CC[C@]12C)[C@@]1(C)CCC(O)=C[C@@H]1C[C@@H]3O. The van der Waals surface area contributed by atoms with Crippen LogP contribution in [0.3, 0.4) is 0 Å². The molecule has 2 saturated carbocycles. The van der Waals surface area contributed by atoms with Gasteiger partial charge in [-0.1, -0.05) is 13.8 Å². The molecule has 4 rings (SSSR count). The van der Waals surface area contributed by atoms with E-state index in [1.807, 2.05) is 6.08 Å². The number of aliphatic hydroxyl groups is 3. The van der Waals surface area contributed by atoms with Crippen molar-refractivity contribution < 1.29 is 24.9 Å². The quantitative estimate of drug-likeness (QED) is 0.614. The number of fused-ring (bicyclic) bond motifs is 5. The summed E-state index contributed by atoms with van der Waals surface area (Å²) >= 11 is 0. The number of esters is 1. The number of allylic oxidation sites excluding steroid dienone is 4. The molecule has 0 heterocycles. The van der Waals surface area contributed by atoms with Crippen LogP contribution in [0.5, 0.6) is 0 Å². The first-order valence-corrected chi connectivity index (χ1v) is 9.85. The maximum atomic E-state index is 11.5. The van der Waals surface area contributed by atoms with Gasteiger partial charge in [0.15, 0.2) is 5.76 Å². The van der Waals surface area contributed by atoms with Crippen LogP contribution in [0.2, 0.25) is 0 Å². The lowest BCUT2D eigenvalue weighted by molar-refractivity contribution is -0.152. The standard InChI is InChI=1S/C21H30O5/c1-11(22)26-19-17(25)10-15-18-14(5-7-21(15,19)3)20(2)6-4-13(23)8-12(20)9-16(18)24/h8,12,14-16,18,23-25H,4-7,9-10H2,1-3H3/t12-,14?,15?,16+,18?,20+,21+/m1/s1. The van der Waals surface area contributed by atoms with E-state index in [0.717, 1.165) is 19.3 Å². The second kappa shape index (κ2) is 5.75. The van der Waals surface area contributed by atoms with E-state index in [0.29, 0.717) is 36.7 Å². The third-order valence-electron chi connectivity index (χ3n) is 8.11. The van der Waals surface area contributed by atoms with Crippen LogP contribution in [0.25, 0.3) is 0 Å². The zero-order valence-corrected chi connectivity index (χ0v) is 15.9. The van der Waals surface area contributed by atoms with Gasteiger partial charge in [0.25, 0.3) is 0 Å². The summed E-state index contributed by atoms with van der Waals surface area (Å²) in [4.78, 5) is 11.5. The maximum Gasteiger partial charge on any atom is 0.307 e. The number of hydrogen-bond donors (Lipinski definition) is 3. The van der Waals surface area contributed by atoms with Crippen molar-refractivity contribution >= 4 is 5.97 Å². The van der Waals surface area contributed by atoms with Crippen molar-refractivity contribution in [2.24, 2.45) is 34.5 Å². The normalized spacial score (nSPS) is 47.5. The predicted octanol–water partition coefficient (Wildman–Crippen LogP) is 3.99. The minimum absolute atomic E-state index is 0.0667. The molecule has 4 aliphatic carbocycles. The number of hydrogen-bond acceptors (Lipinski definition) is 5. The Balaban J connectivity index is 1.69. The van der Waals surface area contributed by atoms with Gasteiger partial charge in [-0.15, -0.1) is 0 Å². The molecule has 0 aromatic rings. The lowest BCUT2D eigenvalue weighted by Gasteiger charge is -2.60. The summed E-state index contributed by atoms with van der Waals surface area (Å²) < 4.78 is 5.42. The van der Waals surface area contributed by atoms with Gasteiger partial charge in [0.2, 0.25) is 0 Å². The minimum Gasteiger partial charge on any atom is -0.513 e. The number of aliphatic hydroxyl groups excluding tert-OH is 3. The van der Waals surface area contributed by atoms with E-state index in [1.165, 1.54) is 6.92 Å². The first kappa shape index (κ1) is 17.9. The molecule has 144 valence electrons. The molecule has 4 aliphatic rings. The third kappa shape index (κ3) is 2.35. The Labute approximate surface area is 154 Å². The third-order valence-corrected chi connectivity index (χ3v) is 8.11. The highest BCUT2D eigenvalue weighted by Gasteiger charge is 2.62. The van der Waals surface area contributed by atoms with Crippen LogP contribution in [-0.4, -0.2) is 27.4 Å². The molecule has 0 saturated heterocycles. The second-order valence-corrected chi connectivity index (χ2v) is 9.39. The summed E-state index contributed by atoms with van der Waals surface area (Å²) in [6, 6.07) is 0. The van der Waals surface area contributed by atoms with Gasteiger partial charge >= 0.3 is 5.97 Å². The molecule has 0 aromatic carbocycles. The molecule has 0 spiro atoms. The van der Waals surface area contributed by atoms with Gasteiger partial charge in [-0.05, 0) is 60.8 Å². The van der Waals surface area contributed by atoms with E-state index < -0.39 is 17.5 Å². The first-order chi connectivity index (χ1) is 12.2. The number of rotatable bonds is 1. The summed E-state index contributed by atoms with van der Waals surface area (Å²) in [6.07, 6.45) is 6.05. The summed E-state index contributed by atoms with van der Waals surface area (Å²) in [5.74, 6) is 1.37. The average Bonchev–Trinajstić information content (AvgIpc) is 2.80. The van der Waals surface area contributed by atoms with Gasteiger partial charge in [-0.2, -0.15) is 0 Å².